The number of methoxy groups -OCH3 is 1. The Labute approximate surface area is 124 Å². The van der Waals surface area contributed by atoms with Crippen LogP contribution in [0.1, 0.15) is 20.3 Å². The molecule has 0 aromatic heterocycles. The summed E-state index contributed by atoms with van der Waals surface area (Å²) in [6, 6.07) is 4.81. The molecule has 0 aliphatic rings. The zero-order valence-electron chi connectivity index (χ0n) is 11.7. The molecule has 1 unspecified atom stereocenters. The molecule has 0 aliphatic carbocycles. The Morgan fingerprint density at radius 1 is 1.35 bits per heavy atom. The standard InChI is InChI=1S/C13H19N3O3.ClH/c1-8(14)6-13(18)16-10-4-5-11(15-9(2)17)12(7-10)19-3;/h4-5,7-8H,6,14H2,1-3H3,(H,15,17)(H,16,18);1H. The zero-order valence-corrected chi connectivity index (χ0v) is 12.5. The van der Waals surface area contributed by atoms with Crippen molar-refractivity contribution in [2.24, 2.45) is 5.73 Å². The molecule has 2 amide bonds. The molecular weight excluding hydrogens is 282 g/mol. The predicted octanol–water partition coefficient (Wildman–Crippen LogP) is 1.75. The Hall–Kier alpha value is -1.79. The van der Waals surface area contributed by atoms with Crippen LogP contribution in [0.15, 0.2) is 18.2 Å². The molecule has 0 radical (unpaired) electrons. The number of amides is 2. The van der Waals surface area contributed by atoms with E-state index in [4.69, 9.17) is 10.5 Å². The van der Waals surface area contributed by atoms with E-state index in [0.29, 0.717) is 17.1 Å². The summed E-state index contributed by atoms with van der Waals surface area (Å²) in [5.74, 6) is 0.130. The first-order valence-electron chi connectivity index (χ1n) is 5.93. The molecule has 112 valence electrons. The van der Waals surface area contributed by atoms with Crippen LogP contribution < -0.4 is 21.1 Å². The van der Waals surface area contributed by atoms with Crippen LogP contribution in [0, 0.1) is 0 Å². The summed E-state index contributed by atoms with van der Waals surface area (Å²) in [7, 11) is 1.49. The second-order valence-electron chi connectivity index (χ2n) is 4.33. The SMILES string of the molecule is COc1cc(NC(=O)CC(C)N)ccc1NC(C)=O.Cl. The fourth-order valence-electron chi connectivity index (χ4n) is 1.57. The molecule has 1 aromatic rings. The number of hydrogen-bond acceptors (Lipinski definition) is 4. The molecule has 20 heavy (non-hydrogen) atoms. The number of carbonyl (C=O) groups excluding carboxylic acids is 2. The molecule has 0 aliphatic heterocycles. The van der Waals surface area contributed by atoms with Crippen molar-refractivity contribution in [3.8, 4) is 5.75 Å². The van der Waals surface area contributed by atoms with Crippen molar-refractivity contribution in [2.45, 2.75) is 26.3 Å². The number of benzene rings is 1. The van der Waals surface area contributed by atoms with E-state index < -0.39 is 0 Å². The highest BCUT2D eigenvalue weighted by Gasteiger charge is 2.09. The fourth-order valence-corrected chi connectivity index (χ4v) is 1.57. The lowest BCUT2D eigenvalue weighted by molar-refractivity contribution is -0.116. The van der Waals surface area contributed by atoms with E-state index in [1.165, 1.54) is 14.0 Å². The zero-order chi connectivity index (χ0) is 14.4. The van der Waals surface area contributed by atoms with Crippen molar-refractivity contribution in [3.63, 3.8) is 0 Å². The molecule has 7 heteroatoms. The smallest absolute Gasteiger partial charge is 0.225 e. The summed E-state index contributed by atoms with van der Waals surface area (Å²) in [6.45, 7) is 3.18. The minimum absolute atomic E-state index is 0. The highest BCUT2D eigenvalue weighted by Crippen LogP contribution is 2.27. The van der Waals surface area contributed by atoms with Gasteiger partial charge in [0.2, 0.25) is 11.8 Å². The average Bonchev–Trinajstić information content (AvgIpc) is 2.29. The summed E-state index contributed by atoms with van der Waals surface area (Å²) in [6.07, 6.45) is 0.246. The van der Waals surface area contributed by atoms with Crippen LogP contribution in [-0.4, -0.2) is 25.0 Å². The number of rotatable bonds is 5. The van der Waals surface area contributed by atoms with Gasteiger partial charge in [-0.3, -0.25) is 9.59 Å². The van der Waals surface area contributed by atoms with Gasteiger partial charge in [0, 0.05) is 31.1 Å². The van der Waals surface area contributed by atoms with Crippen LogP contribution in [0.5, 0.6) is 5.75 Å². The Bertz CT molecular complexity index is 478. The van der Waals surface area contributed by atoms with Gasteiger partial charge < -0.3 is 21.1 Å². The van der Waals surface area contributed by atoms with E-state index >= 15 is 0 Å². The van der Waals surface area contributed by atoms with E-state index in [9.17, 15) is 9.59 Å². The molecule has 0 saturated carbocycles. The van der Waals surface area contributed by atoms with Crippen LogP contribution in [-0.2, 0) is 9.59 Å². The fraction of sp³-hybridized carbons (Fsp3) is 0.385. The van der Waals surface area contributed by atoms with Crippen molar-refractivity contribution < 1.29 is 14.3 Å². The maximum Gasteiger partial charge on any atom is 0.225 e. The van der Waals surface area contributed by atoms with E-state index in [-0.39, 0.29) is 36.7 Å². The third-order valence-corrected chi connectivity index (χ3v) is 2.30. The lowest BCUT2D eigenvalue weighted by Gasteiger charge is -2.12. The maximum atomic E-state index is 11.6. The first kappa shape index (κ1) is 18.2. The number of halogens is 1. The normalized spacial score (nSPS) is 11.0. The van der Waals surface area contributed by atoms with Gasteiger partial charge in [0.1, 0.15) is 5.75 Å². The van der Waals surface area contributed by atoms with Gasteiger partial charge in [0.05, 0.1) is 12.8 Å². The molecule has 0 bridgehead atoms. The lowest BCUT2D eigenvalue weighted by atomic mass is 10.2. The van der Waals surface area contributed by atoms with E-state index in [2.05, 4.69) is 10.6 Å². The minimum Gasteiger partial charge on any atom is -0.494 e. The van der Waals surface area contributed by atoms with Gasteiger partial charge >= 0.3 is 0 Å². The highest BCUT2D eigenvalue weighted by atomic mass is 35.5. The maximum absolute atomic E-state index is 11.6. The molecule has 0 fully saturated rings. The molecular formula is C13H20ClN3O3. The van der Waals surface area contributed by atoms with Crippen LogP contribution >= 0.6 is 12.4 Å². The molecule has 1 rings (SSSR count). The number of anilines is 2. The molecule has 1 atom stereocenters. The molecule has 6 nitrogen and oxygen atoms in total. The summed E-state index contributed by atoms with van der Waals surface area (Å²) >= 11 is 0. The molecule has 0 saturated heterocycles. The van der Waals surface area contributed by atoms with Crippen LogP contribution in [0.3, 0.4) is 0 Å². The van der Waals surface area contributed by atoms with E-state index in [0.717, 1.165) is 0 Å². The van der Waals surface area contributed by atoms with E-state index in [1.54, 1.807) is 25.1 Å². The first-order valence-corrected chi connectivity index (χ1v) is 5.93. The number of ether oxygens (including phenoxy) is 1. The van der Waals surface area contributed by atoms with Crippen molar-refractivity contribution in [2.75, 3.05) is 17.7 Å². The van der Waals surface area contributed by atoms with Crippen LogP contribution in [0.2, 0.25) is 0 Å². The highest BCUT2D eigenvalue weighted by molar-refractivity contribution is 5.93. The first-order chi connectivity index (χ1) is 8.92. The van der Waals surface area contributed by atoms with Crippen LogP contribution in [0.25, 0.3) is 0 Å². The van der Waals surface area contributed by atoms with E-state index in [1.807, 2.05) is 0 Å². The van der Waals surface area contributed by atoms with Gasteiger partial charge in [-0.25, -0.2) is 0 Å². The van der Waals surface area contributed by atoms with Gasteiger partial charge in [-0.05, 0) is 19.1 Å². The van der Waals surface area contributed by atoms with Gasteiger partial charge in [0.15, 0.2) is 0 Å². The second kappa shape index (κ2) is 8.39. The number of hydrogen-bond donors (Lipinski definition) is 3. The Balaban J connectivity index is 0.00000361. The Kier molecular flexibility index (Phi) is 7.64. The second-order valence-corrected chi connectivity index (χ2v) is 4.33. The van der Waals surface area contributed by atoms with Crippen molar-refractivity contribution >= 4 is 35.6 Å². The van der Waals surface area contributed by atoms with Gasteiger partial charge in [-0.2, -0.15) is 0 Å². The summed E-state index contributed by atoms with van der Waals surface area (Å²) < 4.78 is 5.16. The van der Waals surface area contributed by atoms with Gasteiger partial charge in [0.25, 0.3) is 0 Å². The topological polar surface area (TPSA) is 93.4 Å². The molecule has 0 spiro atoms. The number of carbonyl (C=O) groups is 2. The third kappa shape index (κ3) is 5.90. The largest absolute Gasteiger partial charge is 0.494 e. The predicted molar refractivity (Wildman–Crippen MR) is 81.4 cm³/mol. The van der Waals surface area contributed by atoms with Crippen molar-refractivity contribution in [3.05, 3.63) is 18.2 Å². The van der Waals surface area contributed by atoms with Gasteiger partial charge in [-0.1, -0.05) is 0 Å². The lowest BCUT2D eigenvalue weighted by Crippen LogP contribution is -2.24. The third-order valence-electron chi connectivity index (χ3n) is 2.30. The number of nitrogens with two attached hydrogens (primary N) is 1. The summed E-state index contributed by atoms with van der Waals surface area (Å²) in [5, 5.41) is 5.36. The van der Waals surface area contributed by atoms with Crippen LogP contribution in [0.4, 0.5) is 11.4 Å². The quantitative estimate of drug-likeness (QED) is 0.772. The van der Waals surface area contributed by atoms with Crippen molar-refractivity contribution in [1.82, 2.24) is 0 Å². The number of nitrogens with one attached hydrogen (secondary N) is 2. The monoisotopic (exact) mass is 301 g/mol. The molecule has 4 N–H and O–H groups in total. The average molecular weight is 302 g/mol. The summed E-state index contributed by atoms with van der Waals surface area (Å²) in [5.41, 5.74) is 6.70. The van der Waals surface area contributed by atoms with Crippen molar-refractivity contribution in [1.29, 1.82) is 0 Å². The Morgan fingerprint density at radius 2 is 2.00 bits per heavy atom. The molecule has 0 heterocycles. The summed E-state index contributed by atoms with van der Waals surface area (Å²) in [4.78, 5) is 22.6. The van der Waals surface area contributed by atoms with Gasteiger partial charge in [-0.15, -0.1) is 12.4 Å². The Morgan fingerprint density at radius 3 is 2.50 bits per heavy atom. The minimum atomic E-state index is -0.194. The molecule has 1 aromatic carbocycles.